The molecule has 0 radical (unpaired) electrons. The van der Waals surface area contributed by atoms with Crippen LogP contribution >= 0.6 is 0 Å². The highest BCUT2D eigenvalue weighted by atomic mass is 16.7. The highest BCUT2D eigenvalue weighted by Gasteiger charge is 2.41. The third-order valence-electron chi connectivity index (χ3n) is 5.30. The van der Waals surface area contributed by atoms with Gasteiger partial charge in [0, 0.05) is 11.5 Å². The fourth-order valence-corrected chi connectivity index (χ4v) is 3.90. The van der Waals surface area contributed by atoms with Gasteiger partial charge in [0.25, 0.3) is 0 Å². The molecule has 2 heteroatoms. The minimum atomic E-state index is -0.591. The minimum absolute atomic E-state index is 0.411. The molecule has 2 nitrogen and oxygen atoms in total. The minimum Gasteiger partial charge on any atom is -0.346 e. The molecule has 156 valence electrons. The van der Waals surface area contributed by atoms with E-state index in [1.54, 1.807) is 0 Å². The number of benzene rings is 1. The van der Waals surface area contributed by atoms with Gasteiger partial charge in [-0.3, -0.25) is 0 Å². The smallest absolute Gasteiger partial charge is 0.197 e. The van der Waals surface area contributed by atoms with E-state index in [1.165, 1.54) is 56.9 Å². The average molecular weight is 377 g/mol. The third-order valence-corrected chi connectivity index (χ3v) is 5.30. The van der Waals surface area contributed by atoms with Gasteiger partial charge < -0.3 is 9.47 Å². The molecule has 1 aromatic carbocycles. The number of hydrogen-bond acceptors (Lipinski definition) is 2. The van der Waals surface area contributed by atoms with Gasteiger partial charge in [0.2, 0.25) is 0 Å². The van der Waals surface area contributed by atoms with Crippen molar-refractivity contribution in [2.45, 2.75) is 104 Å². The molecule has 0 spiro atoms. The Morgan fingerprint density at radius 1 is 0.667 bits per heavy atom. The largest absolute Gasteiger partial charge is 0.346 e. The Morgan fingerprint density at radius 3 is 1.81 bits per heavy atom. The van der Waals surface area contributed by atoms with Crippen molar-refractivity contribution >= 4 is 0 Å². The third kappa shape index (κ3) is 8.35. The Morgan fingerprint density at radius 2 is 1.26 bits per heavy atom. The Kier molecular flexibility index (Phi) is 13.5. The van der Waals surface area contributed by atoms with Crippen molar-refractivity contribution in [3.8, 4) is 0 Å². The maximum atomic E-state index is 6.56. The SMILES string of the molecule is CCCCCCCCC(CCC)C(OCCC)(OCCC)c1ccccc1. The van der Waals surface area contributed by atoms with Crippen molar-refractivity contribution in [1.29, 1.82) is 0 Å². The van der Waals surface area contributed by atoms with Crippen LogP contribution in [-0.4, -0.2) is 13.2 Å². The molecule has 1 atom stereocenters. The predicted octanol–water partition coefficient (Wildman–Crippen LogP) is 7.86. The number of hydrogen-bond donors (Lipinski definition) is 0. The molecule has 0 N–H and O–H groups in total. The van der Waals surface area contributed by atoms with Crippen LogP contribution in [0.2, 0.25) is 0 Å². The summed E-state index contributed by atoms with van der Waals surface area (Å²) in [5.74, 6) is -0.179. The molecule has 0 bridgehead atoms. The maximum absolute atomic E-state index is 6.56. The first-order valence-corrected chi connectivity index (χ1v) is 11.6. The van der Waals surface area contributed by atoms with Crippen molar-refractivity contribution in [3.63, 3.8) is 0 Å². The summed E-state index contributed by atoms with van der Waals surface area (Å²) in [5, 5.41) is 0. The summed E-state index contributed by atoms with van der Waals surface area (Å²) in [5.41, 5.74) is 1.19. The fraction of sp³-hybridized carbons (Fsp3) is 0.760. The average Bonchev–Trinajstić information content (AvgIpc) is 2.71. The predicted molar refractivity (Wildman–Crippen MR) is 117 cm³/mol. The van der Waals surface area contributed by atoms with Crippen LogP contribution < -0.4 is 0 Å². The molecule has 0 fully saturated rings. The summed E-state index contributed by atoms with van der Waals surface area (Å²) in [4.78, 5) is 0. The van der Waals surface area contributed by atoms with Crippen molar-refractivity contribution < 1.29 is 9.47 Å². The summed E-state index contributed by atoms with van der Waals surface area (Å²) in [6.07, 6.45) is 13.5. The first-order chi connectivity index (χ1) is 13.2. The topological polar surface area (TPSA) is 18.5 Å². The van der Waals surface area contributed by atoms with Crippen LogP contribution in [0, 0.1) is 5.92 Å². The quantitative estimate of drug-likeness (QED) is 0.203. The van der Waals surface area contributed by atoms with Crippen LogP contribution in [-0.2, 0) is 15.3 Å². The lowest BCUT2D eigenvalue weighted by molar-refractivity contribution is -0.281. The molecule has 1 rings (SSSR count). The molecule has 0 amide bonds. The maximum Gasteiger partial charge on any atom is 0.197 e. The Bertz CT molecular complexity index is 435. The second-order valence-corrected chi connectivity index (χ2v) is 7.77. The highest BCUT2D eigenvalue weighted by Crippen LogP contribution is 2.41. The molecule has 0 heterocycles. The normalized spacial score (nSPS) is 13.0. The lowest BCUT2D eigenvalue weighted by atomic mass is 9.83. The van der Waals surface area contributed by atoms with Crippen LogP contribution in [0.15, 0.2) is 30.3 Å². The molecule has 0 aliphatic heterocycles. The van der Waals surface area contributed by atoms with E-state index in [4.69, 9.17) is 9.47 Å². The molecule has 0 aliphatic carbocycles. The van der Waals surface area contributed by atoms with Crippen LogP contribution in [0.1, 0.15) is 104 Å². The van der Waals surface area contributed by atoms with Gasteiger partial charge in [-0.05, 0) is 25.7 Å². The van der Waals surface area contributed by atoms with Crippen molar-refractivity contribution in [2.24, 2.45) is 5.92 Å². The van der Waals surface area contributed by atoms with Crippen LogP contribution in [0.25, 0.3) is 0 Å². The van der Waals surface area contributed by atoms with Gasteiger partial charge in [0.1, 0.15) is 0 Å². The molecule has 0 saturated heterocycles. The molecular weight excluding hydrogens is 332 g/mol. The van der Waals surface area contributed by atoms with E-state index < -0.39 is 5.79 Å². The van der Waals surface area contributed by atoms with Crippen LogP contribution in [0.5, 0.6) is 0 Å². The van der Waals surface area contributed by atoms with Crippen LogP contribution in [0.4, 0.5) is 0 Å². The summed E-state index contributed by atoms with van der Waals surface area (Å²) in [7, 11) is 0. The second kappa shape index (κ2) is 15.1. The lowest BCUT2D eigenvalue weighted by Gasteiger charge is -2.41. The van der Waals surface area contributed by atoms with Crippen molar-refractivity contribution in [3.05, 3.63) is 35.9 Å². The number of rotatable bonds is 17. The van der Waals surface area contributed by atoms with Gasteiger partial charge in [-0.2, -0.15) is 0 Å². The van der Waals surface area contributed by atoms with Gasteiger partial charge in [-0.1, -0.05) is 103 Å². The summed E-state index contributed by atoms with van der Waals surface area (Å²) >= 11 is 0. The fourth-order valence-electron chi connectivity index (χ4n) is 3.90. The van der Waals surface area contributed by atoms with E-state index in [1.807, 2.05) is 0 Å². The zero-order chi connectivity index (χ0) is 19.8. The first-order valence-electron chi connectivity index (χ1n) is 11.6. The van der Waals surface area contributed by atoms with Gasteiger partial charge in [-0.25, -0.2) is 0 Å². The first kappa shape index (κ1) is 24.2. The van der Waals surface area contributed by atoms with Gasteiger partial charge in [0.15, 0.2) is 5.79 Å². The van der Waals surface area contributed by atoms with E-state index in [0.29, 0.717) is 5.92 Å². The van der Waals surface area contributed by atoms with Gasteiger partial charge >= 0.3 is 0 Å². The number of ether oxygens (including phenoxy) is 2. The van der Waals surface area contributed by atoms with E-state index >= 15 is 0 Å². The Labute approximate surface area is 169 Å². The molecule has 1 unspecified atom stereocenters. The van der Waals surface area contributed by atoms with E-state index in [9.17, 15) is 0 Å². The van der Waals surface area contributed by atoms with E-state index in [0.717, 1.165) is 32.5 Å². The van der Waals surface area contributed by atoms with Crippen LogP contribution in [0.3, 0.4) is 0 Å². The van der Waals surface area contributed by atoms with Gasteiger partial charge in [-0.15, -0.1) is 0 Å². The monoisotopic (exact) mass is 376 g/mol. The zero-order valence-corrected chi connectivity index (χ0v) is 18.5. The Balaban J connectivity index is 2.97. The Hall–Kier alpha value is -0.860. The van der Waals surface area contributed by atoms with Crippen molar-refractivity contribution in [1.82, 2.24) is 0 Å². The molecular formula is C25H44O2. The highest BCUT2D eigenvalue weighted by molar-refractivity contribution is 5.21. The van der Waals surface area contributed by atoms with Crippen molar-refractivity contribution in [2.75, 3.05) is 13.2 Å². The van der Waals surface area contributed by atoms with E-state index in [-0.39, 0.29) is 0 Å². The standard InChI is InChI=1S/C25H44O2/c1-5-9-10-11-12-14-18-23(17-6-2)25(26-21-7-3,27-22-8-4)24-19-15-13-16-20-24/h13,15-16,19-20,23H,5-12,14,17-18,21-22H2,1-4H3. The molecule has 0 aliphatic rings. The molecule has 1 aromatic rings. The number of unbranched alkanes of at least 4 members (excludes halogenated alkanes) is 5. The summed E-state index contributed by atoms with van der Waals surface area (Å²) in [6.45, 7) is 10.4. The zero-order valence-electron chi connectivity index (χ0n) is 18.5. The summed E-state index contributed by atoms with van der Waals surface area (Å²) in [6, 6.07) is 10.7. The lowest BCUT2D eigenvalue weighted by Crippen LogP contribution is -2.42. The molecule has 0 saturated carbocycles. The summed E-state index contributed by atoms with van der Waals surface area (Å²) < 4.78 is 13.1. The van der Waals surface area contributed by atoms with Gasteiger partial charge in [0.05, 0.1) is 13.2 Å². The second-order valence-electron chi connectivity index (χ2n) is 7.77. The molecule has 0 aromatic heterocycles. The molecule has 27 heavy (non-hydrogen) atoms. The van der Waals surface area contributed by atoms with E-state index in [2.05, 4.69) is 58.0 Å².